The van der Waals surface area contributed by atoms with Gasteiger partial charge in [-0.15, -0.1) is 0 Å². The molecule has 0 saturated carbocycles. The number of hydrogen-bond acceptors (Lipinski definition) is 6. The zero-order valence-electron chi connectivity index (χ0n) is 16.5. The van der Waals surface area contributed by atoms with Gasteiger partial charge in [0.1, 0.15) is 5.69 Å². The number of rotatable bonds is 10. The van der Waals surface area contributed by atoms with Crippen LogP contribution in [0.5, 0.6) is 0 Å². The average molecular weight is 399 g/mol. The van der Waals surface area contributed by atoms with Crippen LogP contribution in [0.4, 0.5) is 11.4 Å². The van der Waals surface area contributed by atoms with Crippen molar-refractivity contribution in [3.05, 3.63) is 69.8 Å². The lowest BCUT2D eigenvalue weighted by Crippen LogP contribution is -2.35. The van der Waals surface area contributed by atoms with E-state index in [1.807, 2.05) is 44.2 Å². The number of carbonyl (C=O) groups excluding carboxylic acids is 2. The molecule has 154 valence electrons. The Balaban J connectivity index is 2.00. The minimum Gasteiger partial charge on any atom is -0.452 e. The van der Waals surface area contributed by atoms with E-state index in [1.165, 1.54) is 12.1 Å². The summed E-state index contributed by atoms with van der Waals surface area (Å²) in [4.78, 5) is 34.8. The zero-order chi connectivity index (χ0) is 21.2. The van der Waals surface area contributed by atoms with Crippen LogP contribution >= 0.6 is 0 Å². The number of nitro groups is 1. The number of nitrogens with one attached hydrogen (secondary N) is 2. The van der Waals surface area contributed by atoms with E-state index in [-0.39, 0.29) is 17.3 Å². The van der Waals surface area contributed by atoms with Crippen LogP contribution in [0.3, 0.4) is 0 Å². The molecule has 0 unspecified atom stereocenters. The van der Waals surface area contributed by atoms with Gasteiger partial charge in [0.2, 0.25) is 0 Å². The Kier molecular flexibility index (Phi) is 8.14. The van der Waals surface area contributed by atoms with Crippen LogP contribution in [0, 0.1) is 10.1 Å². The van der Waals surface area contributed by atoms with Gasteiger partial charge in [0, 0.05) is 18.7 Å². The topological polar surface area (TPSA) is 111 Å². The Bertz CT molecular complexity index is 855. The van der Waals surface area contributed by atoms with Gasteiger partial charge in [0.05, 0.1) is 10.5 Å². The number of anilines is 1. The smallest absolute Gasteiger partial charge is 0.338 e. The molecule has 1 amide bonds. The molecular formula is C21H25N3O5. The van der Waals surface area contributed by atoms with Gasteiger partial charge in [-0.3, -0.25) is 14.9 Å². The maximum absolute atomic E-state index is 12.2. The monoisotopic (exact) mass is 399 g/mol. The molecule has 29 heavy (non-hydrogen) atoms. The molecular weight excluding hydrogens is 374 g/mol. The highest BCUT2D eigenvalue weighted by molar-refractivity contribution is 5.93. The van der Waals surface area contributed by atoms with Gasteiger partial charge in [-0.2, -0.15) is 0 Å². The third-order valence-corrected chi connectivity index (χ3v) is 4.22. The van der Waals surface area contributed by atoms with Gasteiger partial charge in [0.15, 0.2) is 6.61 Å². The SMILES string of the molecule is CCC[C@H](C)NC(=O)COC(=O)c1ccc(NCc2ccccc2)c([N+](=O)[O-])c1. The van der Waals surface area contributed by atoms with E-state index in [0.29, 0.717) is 12.2 Å². The number of benzene rings is 2. The molecule has 0 radical (unpaired) electrons. The first kappa shape index (κ1) is 21.9. The van der Waals surface area contributed by atoms with Crippen LogP contribution in [-0.4, -0.2) is 29.4 Å². The molecule has 2 aromatic carbocycles. The predicted octanol–water partition coefficient (Wildman–Crippen LogP) is 3.67. The van der Waals surface area contributed by atoms with Gasteiger partial charge in [-0.25, -0.2) is 4.79 Å². The van der Waals surface area contributed by atoms with Crippen molar-refractivity contribution in [1.29, 1.82) is 0 Å². The molecule has 8 heteroatoms. The van der Waals surface area contributed by atoms with E-state index in [2.05, 4.69) is 10.6 Å². The van der Waals surface area contributed by atoms with E-state index in [9.17, 15) is 19.7 Å². The lowest BCUT2D eigenvalue weighted by atomic mass is 10.1. The highest BCUT2D eigenvalue weighted by Crippen LogP contribution is 2.26. The van der Waals surface area contributed by atoms with Crippen molar-refractivity contribution in [3.8, 4) is 0 Å². The van der Waals surface area contributed by atoms with E-state index in [1.54, 1.807) is 0 Å². The van der Waals surface area contributed by atoms with Crippen LogP contribution < -0.4 is 10.6 Å². The third kappa shape index (κ3) is 6.91. The Morgan fingerprint density at radius 3 is 2.55 bits per heavy atom. The van der Waals surface area contributed by atoms with Crippen molar-refractivity contribution in [2.45, 2.75) is 39.3 Å². The predicted molar refractivity (Wildman–Crippen MR) is 110 cm³/mol. The van der Waals surface area contributed by atoms with Gasteiger partial charge in [-0.05, 0) is 31.0 Å². The summed E-state index contributed by atoms with van der Waals surface area (Å²) in [5.41, 5.74) is 1.03. The second-order valence-corrected chi connectivity index (χ2v) is 6.66. The summed E-state index contributed by atoms with van der Waals surface area (Å²) >= 11 is 0. The minimum absolute atomic E-state index is 0.0105. The first-order valence-corrected chi connectivity index (χ1v) is 9.43. The van der Waals surface area contributed by atoms with E-state index in [0.717, 1.165) is 24.5 Å². The van der Waals surface area contributed by atoms with Crippen LogP contribution in [-0.2, 0) is 16.1 Å². The number of nitro benzene ring substituents is 1. The van der Waals surface area contributed by atoms with Crippen molar-refractivity contribution in [1.82, 2.24) is 5.32 Å². The zero-order valence-corrected chi connectivity index (χ0v) is 16.5. The van der Waals surface area contributed by atoms with Crippen LogP contribution in [0.2, 0.25) is 0 Å². The third-order valence-electron chi connectivity index (χ3n) is 4.22. The van der Waals surface area contributed by atoms with Crippen LogP contribution in [0.15, 0.2) is 48.5 Å². The Morgan fingerprint density at radius 2 is 1.90 bits per heavy atom. The Hall–Kier alpha value is -3.42. The van der Waals surface area contributed by atoms with Gasteiger partial charge in [0.25, 0.3) is 11.6 Å². The number of amides is 1. The molecule has 0 aromatic heterocycles. The summed E-state index contributed by atoms with van der Waals surface area (Å²) in [6.45, 7) is 3.85. The van der Waals surface area contributed by atoms with Crippen LogP contribution in [0.25, 0.3) is 0 Å². The molecule has 8 nitrogen and oxygen atoms in total. The normalized spacial score (nSPS) is 11.4. The molecule has 0 bridgehead atoms. The molecule has 1 atom stereocenters. The quantitative estimate of drug-likeness (QED) is 0.358. The highest BCUT2D eigenvalue weighted by Gasteiger charge is 2.19. The minimum atomic E-state index is -0.791. The fourth-order valence-corrected chi connectivity index (χ4v) is 2.79. The number of ether oxygens (including phenoxy) is 1. The fraction of sp³-hybridized carbons (Fsp3) is 0.333. The Morgan fingerprint density at radius 1 is 1.17 bits per heavy atom. The fourth-order valence-electron chi connectivity index (χ4n) is 2.79. The van der Waals surface area contributed by atoms with Gasteiger partial charge < -0.3 is 15.4 Å². The summed E-state index contributed by atoms with van der Waals surface area (Å²) < 4.78 is 4.98. The lowest BCUT2D eigenvalue weighted by Gasteiger charge is -2.13. The molecule has 0 saturated heterocycles. The summed E-state index contributed by atoms with van der Waals surface area (Å²) in [6.07, 6.45) is 1.75. The van der Waals surface area contributed by atoms with E-state index < -0.39 is 23.4 Å². The molecule has 2 aromatic rings. The van der Waals surface area contributed by atoms with Crippen molar-refractivity contribution in [3.63, 3.8) is 0 Å². The average Bonchev–Trinajstić information content (AvgIpc) is 2.71. The highest BCUT2D eigenvalue weighted by atomic mass is 16.6. The number of hydrogen-bond donors (Lipinski definition) is 2. The van der Waals surface area contributed by atoms with E-state index >= 15 is 0 Å². The summed E-state index contributed by atoms with van der Waals surface area (Å²) in [5, 5.41) is 17.1. The van der Waals surface area contributed by atoms with Gasteiger partial charge in [-0.1, -0.05) is 43.7 Å². The molecule has 2 rings (SSSR count). The molecule has 0 aliphatic heterocycles. The van der Waals surface area contributed by atoms with Crippen molar-refractivity contribution >= 4 is 23.3 Å². The van der Waals surface area contributed by atoms with E-state index in [4.69, 9.17) is 4.74 Å². The lowest BCUT2D eigenvalue weighted by molar-refractivity contribution is -0.384. The molecule has 2 N–H and O–H groups in total. The first-order valence-electron chi connectivity index (χ1n) is 9.43. The number of esters is 1. The van der Waals surface area contributed by atoms with Gasteiger partial charge >= 0.3 is 5.97 Å². The van der Waals surface area contributed by atoms with Crippen LogP contribution in [0.1, 0.15) is 42.6 Å². The molecule has 0 fully saturated rings. The van der Waals surface area contributed by atoms with Crippen molar-refractivity contribution < 1.29 is 19.2 Å². The van der Waals surface area contributed by atoms with Crippen molar-refractivity contribution in [2.75, 3.05) is 11.9 Å². The maximum atomic E-state index is 12.2. The largest absolute Gasteiger partial charge is 0.452 e. The second-order valence-electron chi connectivity index (χ2n) is 6.66. The maximum Gasteiger partial charge on any atom is 0.338 e. The Labute approximate surface area is 169 Å². The standard InChI is InChI=1S/C21H25N3O5/c1-3-7-15(2)23-20(25)14-29-21(26)17-10-11-18(19(12-17)24(27)28)22-13-16-8-5-4-6-9-16/h4-6,8-12,15,22H,3,7,13-14H2,1-2H3,(H,23,25)/t15-/m0/s1. The first-order chi connectivity index (χ1) is 13.9. The summed E-state index contributed by atoms with van der Waals surface area (Å²) in [5.74, 6) is -1.20. The van der Waals surface area contributed by atoms with Crippen molar-refractivity contribution in [2.24, 2.45) is 0 Å². The molecule has 0 aliphatic carbocycles. The molecule has 0 aliphatic rings. The molecule has 0 heterocycles. The summed E-state index contributed by atoms with van der Waals surface area (Å²) in [7, 11) is 0. The second kappa shape index (κ2) is 10.8. The number of carbonyl (C=O) groups is 2. The molecule has 0 spiro atoms. The summed E-state index contributed by atoms with van der Waals surface area (Å²) in [6, 6.07) is 13.5. The number of nitrogens with zero attached hydrogens (tertiary/aromatic N) is 1.